The van der Waals surface area contributed by atoms with Crippen LogP contribution in [0.5, 0.6) is 0 Å². The zero-order valence-corrected chi connectivity index (χ0v) is 11.4. The lowest BCUT2D eigenvalue weighted by Gasteiger charge is -2.48. The van der Waals surface area contributed by atoms with Crippen molar-refractivity contribution in [1.29, 1.82) is 0 Å². The topological polar surface area (TPSA) is 3.24 Å². The van der Waals surface area contributed by atoms with E-state index in [1.807, 2.05) is 0 Å². The van der Waals surface area contributed by atoms with E-state index in [1.165, 1.54) is 44.2 Å². The fourth-order valence-electron chi connectivity index (χ4n) is 4.76. The average Bonchev–Trinajstić information content (AvgIpc) is 2.69. The number of hydrogen-bond acceptors (Lipinski definition) is 1. The van der Waals surface area contributed by atoms with Crippen LogP contribution in [0.15, 0.2) is 24.3 Å². The summed E-state index contributed by atoms with van der Waals surface area (Å²) in [4.78, 5) is 2.82. The molecule has 0 aromatic heterocycles. The SMILES string of the molecule is Clc1ccc([C@H]2C[C@@H]3CC[C@@H]4[C@H]2CCCN34)cc1. The highest BCUT2D eigenvalue weighted by Gasteiger charge is 2.48. The molecule has 4 bridgehead atoms. The second kappa shape index (κ2) is 4.25. The maximum absolute atomic E-state index is 6.02. The van der Waals surface area contributed by atoms with Crippen LogP contribution in [0, 0.1) is 5.92 Å². The van der Waals surface area contributed by atoms with Crippen LogP contribution in [-0.4, -0.2) is 23.5 Å². The molecule has 0 saturated carbocycles. The Labute approximate surface area is 114 Å². The minimum atomic E-state index is 0.788. The summed E-state index contributed by atoms with van der Waals surface area (Å²) in [6, 6.07) is 10.4. The summed E-state index contributed by atoms with van der Waals surface area (Å²) < 4.78 is 0. The molecule has 1 nitrogen and oxygen atoms in total. The Morgan fingerprint density at radius 1 is 1.06 bits per heavy atom. The Kier molecular flexibility index (Phi) is 2.67. The summed E-state index contributed by atoms with van der Waals surface area (Å²) in [5, 5.41) is 0.864. The smallest absolute Gasteiger partial charge is 0.0406 e. The lowest BCUT2D eigenvalue weighted by Crippen LogP contribution is -2.51. The Morgan fingerprint density at radius 2 is 1.89 bits per heavy atom. The molecule has 1 aromatic rings. The van der Waals surface area contributed by atoms with Gasteiger partial charge in [0.15, 0.2) is 0 Å². The number of benzene rings is 1. The monoisotopic (exact) mass is 261 g/mol. The molecule has 0 spiro atoms. The molecule has 4 rings (SSSR count). The number of halogens is 1. The highest BCUT2D eigenvalue weighted by atomic mass is 35.5. The number of rotatable bonds is 1. The standard InChI is InChI=1S/C16H20ClN/c17-12-5-3-11(4-6-12)15-10-13-7-8-16-14(15)2-1-9-18(13)16/h3-6,13-16H,1-2,7-10H2/t13-,14-,15+,16+/m0/s1. The molecular formula is C16H20ClN. The van der Waals surface area contributed by atoms with Crippen molar-refractivity contribution in [3.05, 3.63) is 34.9 Å². The van der Waals surface area contributed by atoms with E-state index in [0.29, 0.717) is 0 Å². The van der Waals surface area contributed by atoms with E-state index < -0.39 is 0 Å². The molecule has 2 heteroatoms. The quantitative estimate of drug-likeness (QED) is 0.737. The lowest BCUT2D eigenvalue weighted by atomic mass is 9.72. The normalized spacial score (nSPS) is 41.9. The number of hydrogen-bond donors (Lipinski definition) is 0. The van der Waals surface area contributed by atoms with Gasteiger partial charge in [-0.1, -0.05) is 23.7 Å². The van der Waals surface area contributed by atoms with Crippen LogP contribution in [0.25, 0.3) is 0 Å². The molecular weight excluding hydrogens is 242 g/mol. The Hall–Kier alpha value is -0.530. The predicted molar refractivity (Wildman–Crippen MR) is 75.1 cm³/mol. The van der Waals surface area contributed by atoms with Crippen molar-refractivity contribution in [2.75, 3.05) is 6.54 Å². The van der Waals surface area contributed by atoms with Gasteiger partial charge in [-0.15, -0.1) is 0 Å². The first-order valence-electron chi connectivity index (χ1n) is 7.34. The highest BCUT2D eigenvalue weighted by molar-refractivity contribution is 6.30. The fraction of sp³-hybridized carbons (Fsp3) is 0.625. The third-order valence-corrected chi connectivity index (χ3v) is 5.73. The van der Waals surface area contributed by atoms with Crippen molar-refractivity contribution in [2.24, 2.45) is 5.92 Å². The second-order valence-corrected chi connectivity index (χ2v) is 6.67. The van der Waals surface area contributed by atoms with E-state index >= 15 is 0 Å². The third kappa shape index (κ3) is 1.64. The maximum Gasteiger partial charge on any atom is 0.0406 e. The molecule has 0 radical (unpaired) electrons. The van der Waals surface area contributed by atoms with Crippen LogP contribution in [0.3, 0.4) is 0 Å². The van der Waals surface area contributed by atoms with Crippen LogP contribution in [-0.2, 0) is 0 Å². The van der Waals surface area contributed by atoms with Crippen molar-refractivity contribution in [3.8, 4) is 0 Å². The van der Waals surface area contributed by atoms with Crippen molar-refractivity contribution in [3.63, 3.8) is 0 Å². The van der Waals surface area contributed by atoms with E-state index in [2.05, 4.69) is 29.2 Å². The summed E-state index contributed by atoms with van der Waals surface area (Å²) in [5.74, 6) is 1.69. The predicted octanol–water partition coefficient (Wildman–Crippen LogP) is 4.07. The molecule has 0 aliphatic carbocycles. The Balaban J connectivity index is 1.67. The van der Waals surface area contributed by atoms with Crippen LogP contribution in [0.2, 0.25) is 5.02 Å². The van der Waals surface area contributed by atoms with Crippen LogP contribution in [0.1, 0.15) is 43.6 Å². The largest absolute Gasteiger partial charge is 0.297 e. The average molecular weight is 262 g/mol. The molecule has 18 heavy (non-hydrogen) atoms. The van der Waals surface area contributed by atoms with Crippen LogP contribution < -0.4 is 0 Å². The van der Waals surface area contributed by atoms with Crippen molar-refractivity contribution in [2.45, 2.75) is 50.1 Å². The van der Waals surface area contributed by atoms with Gasteiger partial charge >= 0.3 is 0 Å². The minimum Gasteiger partial charge on any atom is -0.297 e. The molecule has 0 N–H and O–H groups in total. The van der Waals surface area contributed by atoms with E-state index in [1.54, 1.807) is 0 Å². The molecule has 3 fully saturated rings. The number of nitrogens with zero attached hydrogens (tertiary/aromatic N) is 1. The van der Waals surface area contributed by atoms with E-state index in [0.717, 1.165) is 28.9 Å². The molecule has 3 saturated heterocycles. The van der Waals surface area contributed by atoms with Crippen LogP contribution in [0.4, 0.5) is 0 Å². The molecule has 3 aliphatic heterocycles. The molecule has 96 valence electrons. The fourth-order valence-corrected chi connectivity index (χ4v) is 4.89. The molecule has 3 heterocycles. The van der Waals surface area contributed by atoms with Gasteiger partial charge in [-0.3, -0.25) is 4.90 Å². The van der Waals surface area contributed by atoms with Crippen LogP contribution >= 0.6 is 11.6 Å². The van der Waals surface area contributed by atoms with Gasteiger partial charge in [0.25, 0.3) is 0 Å². The Morgan fingerprint density at radius 3 is 2.72 bits per heavy atom. The first-order valence-corrected chi connectivity index (χ1v) is 7.72. The van der Waals surface area contributed by atoms with Gasteiger partial charge in [-0.05, 0) is 68.2 Å². The zero-order valence-electron chi connectivity index (χ0n) is 10.7. The summed E-state index contributed by atoms with van der Waals surface area (Å²) in [6.45, 7) is 1.36. The Bertz CT molecular complexity index is 441. The molecule has 1 aromatic carbocycles. The van der Waals surface area contributed by atoms with E-state index in [4.69, 9.17) is 11.6 Å². The summed E-state index contributed by atoms with van der Waals surface area (Å²) in [5.41, 5.74) is 1.53. The molecule has 5 atom stereocenters. The van der Waals surface area contributed by atoms with Crippen molar-refractivity contribution in [1.82, 2.24) is 4.90 Å². The number of piperidine rings is 2. The van der Waals surface area contributed by atoms with Gasteiger partial charge in [0.1, 0.15) is 0 Å². The van der Waals surface area contributed by atoms with Gasteiger partial charge < -0.3 is 0 Å². The first kappa shape index (κ1) is 11.3. The maximum atomic E-state index is 6.02. The van der Waals surface area contributed by atoms with Gasteiger partial charge in [-0.2, -0.15) is 0 Å². The highest BCUT2D eigenvalue weighted by Crippen LogP contribution is 2.50. The van der Waals surface area contributed by atoms with Gasteiger partial charge in [0.05, 0.1) is 0 Å². The zero-order chi connectivity index (χ0) is 12.1. The van der Waals surface area contributed by atoms with E-state index in [9.17, 15) is 0 Å². The second-order valence-electron chi connectivity index (χ2n) is 6.24. The summed E-state index contributed by atoms with van der Waals surface area (Å²) >= 11 is 6.02. The summed E-state index contributed by atoms with van der Waals surface area (Å²) in [7, 11) is 0. The van der Waals surface area contributed by atoms with Crippen molar-refractivity contribution >= 4 is 11.6 Å². The minimum absolute atomic E-state index is 0.788. The van der Waals surface area contributed by atoms with Gasteiger partial charge in [-0.25, -0.2) is 0 Å². The molecule has 0 amide bonds. The molecule has 3 aliphatic rings. The molecule has 1 unspecified atom stereocenters. The third-order valence-electron chi connectivity index (χ3n) is 5.48. The van der Waals surface area contributed by atoms with Crippen molar-refractivity contribution < 1.29 is 0 Å². The van der Waals surface area contributed by atoms with E-state index in [-0.39, 0.29) is 0 Å². The summed E-state index contributed by atoms with van der Waals surface area (Å²) in [6.07, 6.45) is 7.09. The lowest BCUT2D eigenvalue weighted by molar-refractivity contribution is 0.0334. The van der Waals surface area contributed by atoms with Gasteiger partial charge in [0.2, 0.25) is 0 Å². The first-order chi connectivity index (χ1) is 8.83. The van der Waals surface area contributed by atoms with Gasteiger partial charge in [0, 0.05) is 17.1 Å².